The van der Waals surface area contributed by atoms with Gasteiger partial charge in [-0.15, -0.1) is 0 Å². The molecular formula is C9H9F2NO4S. The summed E-state index contributed by atoms with van der Waals surface area (Å²) in [5.74, 6) is -4.56. The van der Waals surface area contributed by atoms with E-state index < -0.39 is 26.5 Å². The lowest BCUT2D eigenvalue weighted by molar-refractivity contribution is -0.134. The normalized spacial score (nSPS) is 11.5. The molecule has 0 bridgehead atoms. The molecule has 0 radical (unpaired) electrons. The lowest BCUT2D eigenvalue weighted by atomic mass is 10.3. The molecule has 2 N–H and O–H groups in total. The molecule has 5 nitrogen and oxygen atoms in total. The number of nitrogens with one attached hydrogen (secondary N) is 1. The van der Waals surface area contributed by atoms with Crippen molar-refractivity contribution in [2.24, 2.45) is 0 Å². The fraction of sp³-hybridized carbons (Fsp3) is 0.222. The van der Waals surface area contributed by atoms with Gasteiger partial charge in [-0.05, 0) is 24.3 Å². The van der Waals surface area contributed by atoms with Crippen LogP contribution in [0.4, 0.5) is 14.5 Å². The van der Waals surface area contributed by atoms with Crippen LogP contribution in [0, 0.1) is 0 Å². The molecule has 94 valence electrons. The summed E-state index contributed by atoms with van der Waals surface area (Å²) in [6, 6.07) is 4.42. The maximum Gasteiger partial charge on any atom is 0.341 e. The molecule has 0 aromatic heterocycles. The van der Waals surface area contributed by atoms with Gasteiger partial charge in [-0.3, -0.25) is 4.79 Å². The van der Waals surface area contributed by atoms with Gasteiger partial charge >= 0.3 is 11.7 Å². The standard InChI is InChI=1S/C9H9F2NO4S/c10-9(11)17(15,16)7-3-1-6(2-4-7)12-5-8(13)14/h1-4,9,12H,5H2,(H,13,14). The second kappa shape index (κ2) is 5.09. The first-order valence-electron chi connectivity index (χ1n) is 4.42. The minimum absolute atomic E-state index is 0.334. The fourth-order valence-corrected chi connectivity index (χ4v) is 1.76. The van der Waals surface area contributed by atoms with Crippen LogP contribution in [0.2, 0.25) is 0 Å². The van der Waals surface area contributed by atoms with Gasteiger partial charge in [-0.25, -0.2) is 8.42 Å². The van der Waals surface area contributed by atoms with Crippen molar-refractivity contribution in [3.8, 4) is 0 Å². The van der Waals surface area contributed by atoms with Crippen molar-refractivity contribution in [3.63, 3.8) is 0 Å². The average molecular weight is 265 g/mol. The topological polar surface area (TPSA) is 83.5 Å². The summed E-state index contributed by atoms with van der Waals surface area (Å²) in [7, 11) is -4.60. The minimum Gasteiger partial charge on any atom is -0.480 e. The van der Waals surface area contributed by atoms with Crippen LogP contribution in [0.3, 0.4) is 0 Å². The zero-order chi connectivity index (χ0) is 13.1. The van der Waals surface area contributed by atoms with E-state index >= 15 is 0 Å². The van der Waals surface area contributed by atoms with Crippen LogP contribution < -0.4 is 5.32 Å². The maximum atomic E-state index is 12.2. The van der Waals surface area contributed by atoms with E-state index in [1.54, 1.807) is 0 Å². The molecule has 0 heterocycles. The van der Waals surface area contributed by atoms with Crippen molar-refractivity contribution in [1.82, 2.24) is 0 Å². The lowest BCUT2D eigenvalue weighted by Crippen LogP contribution is -2.13. The third kappa shape index (κ3) is 3.38. The van der Waals surface area contributed by atoms with Crippen LogP contribution in [-0.4, -0.2) is 31.8 Å². The molecule has 1 rings (SSSR count). The Morgan fingerprint density at radius 3 is 2.24 bits per heavy atom. The van der Waals surface area contributed by atoms with Crippen LogP contribution in [0.15, 0.2) is 29.2 Å². The number of alkyl halides is 2. The number of carbonyl (C=O) groups is 1. The summed E-state index contributed by atoms with van der Waals surface area (Å²) < 4.78 is 46.4. The predicted molar refractivity (Wildman–Crippen MR) is 55.8 cm³/mol. The number of benzene rings is 1. The highest BCUT2D eigenvalue weighted by molar-refractivity contribution is 7.91. The highest BCUT2D eigenvalue weighted by Gasteiger charge is 2.26. The van der Waals surface area contributed by atoms with E-state index in [0.717, 1.165) is 12.1 Å². The highest BCUT2D eigenvalue weighted by Crippen LogP contribution is 2.19. The summed E-state index contributed by atoms with van der Waals surface area (Å²) in [4.78, 5) is 9.72. The number of halogens is 2. The Morgan fingerprint density at radius 1 is 1.29 bits per heavy atom. The Kier molecular flexibility index (Phi) is 4.00. The Hall–Kier alpha value is -1.70. The second-order valence-corrected chi connectivity index (χ2v) is 5.00. The van der Waals surface area contributed by atoms with Crippen LogP contribution in [0.5, 0.6) is 0 Å². The molecule has 17 heavy (non-hydrogen) atoms. The van der Waals surface area contributed by atoms with E-state index in [2.05, 4.69) is 5.32 Å². The first-order valence-corrected chi connectivity index (χ1v) is 5.96. The van der Waals surface area contributed by atoms with Crippen molar-refractivity contribution in [3.05, 3.63) is 24.3 Å². The Labute approximate surface area is 96.0 Å². The van der Waals surface area contributed by atoms with Crippen LogP contribution in [-0.2, 0) is 14.6 Å². The quantitative estimate of drug-likeness (QED) is 0.835. The average Bonchev–Trinajstić information content (AvgIpc) is 2.26. The van der Waals surface area contributed by atoms with Crippen molar-refractivity contribution in [1.29, 1.82) is 0 Å². The van der Waals surface area contributed by atoms with Gasteiger partial charge in [-0.2, -0.15) is 8.78 Å². The molecule has 0 unspecified atom stereocenters. The number of aliphatic carboxylic acids is 1. The number of sulfone groups is 1. The molecule has 0 aliphatic carbocycles. The Morgan fingerprint density at radius 2 is 1.82 bits per heavy atom. The molecule has 0 aliphatic heterocycles. The molecule has 1 aromatic carbocycles. The largest absolute Gasteiger partial charge is 0.480 e. The summed E-state index contributed by atoms with van der Waals surface area (Å²) >= 11 is 0. The van der Waals surface area contributed by atoms with E-state index in [-0.39, 0.29) is 6.54 Å². The van der Waals surface area contributed by atoms with E-state index in [4.69, 9.17) is 5.11 Å². The van der Waals surface area contributed by atoms with Gasteiger partial charge in [0.1, 0.15) is 6.54 Å². The smallest absolute Gasteiger partial charge is 0.341 e. The molecule has 1 aromatic rings. The van der Waals surface area contributed by atoms with Crippen LogP contribution >= 0.6 is 0 Å². The lowest BCUT2D eigenvalue weighted by Gasteiger charge is -2.05. The van der Waals surface area contributed by atoms with Crippen molar-refractivity contribution in [2.75, 3.05) is 11.9 Å². The number of anilines is 1. The Balaban J connectivity index is 2.85. The minimum atomic E-state index is -4.60. The molecule has 0 aliphatic rings. The maximum absolute atomic E-state index is 12.2. The summed E-state index contributed by atoms with van der Waals surface area (Å²) in [6.45, 7) is -0.346. The molecule has 0 saturated heterocycles. The number of rotatable bonds is 5. The van der Waals surface area contributed by atoms with Crippen LogP contribution in [0.1, 0.15) is 0 Å². The molecule has 0 amide bonds. The van der Waals surface area contributed by atoms with Crippen LogP contribution in [0.25, 0.3) is 0 Å². The predicted octanol–water partition coefficient (Wildman–Crippen LogP) is 1.18. The van der Waals surface area contributed by atoms with Gasteiger partial charge in [0.05, 0.1) is 4.90 Å². The van der Waals surface area contributed by atoms with Gasteiger partial charge in [0.2, 0.25) is 9.84 Å². The van der Waals surface area contributed by atoms with Crippen molar-refractivity contribution in [2.45, 2.75) is 10.7 Å². The summed E-state index contributed by atoms with van der Waals surface area (Å²) in [5, 5.41) is 10.8. The second-order valence-electron chi connectivity index (χ2n) is 3.08. The molecule has 8 heteroatoms. The van der Waals surface area contributed by atoms with E-state index in [1.165, 1.54) is 12.1 Å². The zero-order valence-electron chi connectivity index (χ0n) is 8.43. The van der Waals surface area contributed by atoms with E-state index in [1.807, 2.05) is 0 Å². The summed E-state index contributed by atoms with van der Waals surface area (Å²) in [5.41, 5.74) is 0.334. The SMILES string of the molecule is O=C(O)CNc1ccc(S(=O)(=O)C(F)F)cc1. The number of carboxylic acid groups (broad SMARTS) is 1. The monoisotopic (exact) mass is 265 g/mol. The number of hydrogen-bond acceptors (Lipinski definition) is 4. The van der Waals surface area contributed by atoms with Gasteiger partial charge in [0.25, 0.3) is 0 Å². The van der Waals surface area contributed by atoms with Crippen molar-refractivity contribution >= 4 is 21.5 Å². The highest BCUT2D eigenvalue weighted by atomic mass is 32.2. The molecular weight excluding hydrogens is 256 g/mol. The Bertz CT molecular complexity index is 498. The van der Waals surface area contributed by atoms with Crippen molar-refractivity contribution < 1.29 is 27.1 Å². The molecule has 0 atom stereocenters. The first kappa shape index (κ1) is 13.4. The van der Waals surface area contributed by atoms with Gasteiger partial charge in [0, 0.05) is 5.69 Å². The number of hydrogen-bond donors (Lipinski definition) is 2. The van der Waals surface area contributed by atoms with E-state index in [9.17, 15) is 22.0 Å². The third-order valence-electron chi connectivity index (χ3n) is 1.86. The van der Waals surface area contributed by atoms with E-state index in [0.29, 0.717) is 5.69 Å². The first-order chi connectivity index (χ1) is 7.84. The van der Waals surface area contributed by atoms with Gasteiger partial charge < -0.3 is 10.4 Å². The summed E-state index contributed by atoms with van der Waals surface area (Å²) in [6.07, 6.45) is 0. The number of carboxylic acids is 1. The molecule has 0 saturated carbocycles. The molecule has 0 spiro atoms. The zero-order valence-corrected chi connectivity index (χ0v) is 9.25. The third-order valence-corrected chi connectivity index (χ3v) is 3.26. The van der Waals surface area contributed by atoms with Gasteiger partial charge in [0.15, 0.2) is 0 Å². The fourth-order valence-electron chi connectivity index (χ4n) is 1.04. The molecule has 0 fully saturated rings. The van der Waals surface area contributed by atoms with Gasteiger partial charge in [-0.1, -0.05) is 0 Å².